The Balaban J connectivity index is 1.52. The van der Waals surface area contributed by atoms with Gasteiger partial charge < -0.3 is 4.90 Å². The van der Waals surface area contributed by atoms with Gasteiger partial charge in [0.2, 0.25) is 0 Å². The molecular weight excluding hydrogens is 296 g/mol. The van der Waals surface area contributed by atoms with Gasteiger partial charge in [-0.05, 0) is 29.2 Å². The van der Waals surface area contributed by atoms with E-state index in [4.69, 9.17) is 0 Å². The maximum atomic E-state index is 12.5. The van der Waals surface area contributed by atoms with Crippen molar-refractivity contribution in [2.24, 2.45) is 0 Å². The van der Waals surface area contributed by atoms with Gasteiger partial charge in [0.05, 0.1) is 0 Å². The third kappa shape index (κ3) is 4.04. The molecule has 0 saturated carbocycles. The van der Waals surface area contributed by atoms with E-state index < -0.39 is 0 Å². The molecule has 0 unspecified atom stereocenters. The van der Waals surface area contributed by atoms with E-state index in [1.165, 1.54) is 11.1 Å². The van der Waals surface area contributed by atoms with Gasteiger partial charge in [-0.3, -0.25) is 9.69 Å². The molecule has 1 aliphatic heterocycles. The molecule has 3 heteroatoms. The Morgan fingerprint density at radius 3 is 2.12 bits per heavy atom. The third-order valence-electron chi connectivity index (χ3n) is 4.73. The van der Waals surface area contributed by atoms with E-state index in [0.29, 0.717) is 5.92 Å². The zero-order valence-corrected chi connectivity index (χ0v) is 14.6. The molecule has 1 heterocycles. The van der Waals surface area contributed by atoms with Crippen LogP contribution in [0.1, 0.15) is 41.3 Å². The van der Waals surface area contributed by atoms with Crippen LogP contribution in [0.3, 0.4) is 0 Å². The van der Waals surface area contributed by atoms with Crippen molar-refractivity contribution < 1.29 is 4.79 Å². The Bertz CT molecular complexity index is 656. The zero-order chi connectivity index (χ0) is 16.9. The van der Waals surface area contributed by atoms with Gasteiger partial charge in [-0.2, -0.15) is 0 Å². The lowest BCUT2D eigenvalue weighted by Gasteiger charge is -2.34. The molecule has 2 aromatic rings. The molecule has 24 heavy (non-hydrogen) atoms. The second kappa shape index (κ2) is 7.63. The summed E-state index contributed by atoms with van der Waals surface area (Å²) in [5.41, 5.74) is 3.52. The highest BCUT2D eigenvalue weighted by Gasteiger charge is 2.21. The number of benzene rings is 2. The molecule has 0 aliphatic carbocycles. The number of carbonyl (C=O) groups is 1. The summed E-state index contributed by atoms with van der Waals surface area (Å²) in [6.07, 6.45) is 0. The van der Waals surface area contributed by atoms with Crippen LogP contribution in [0, 0.1) is 0 Å². The van der Waals surface area contributed by atoms with E-state index in [1.54, 1.807) is 0 Å². The van der Waals surface area contributed by atoms with E-state index >= 15 is 0 Å². The molecule has 1 fully saturated rings. The predicted molar refractivity (Wildman–Crippen MR) is 98.2 cm³/mol. The monoisotopic (exact) mass is 322 g/mol. The van der Waals surface area contributed by atoms with Crippen molar-refractivity contribution in [2.45, 2.75) is 26.3 Å². The number of carbonyl (C=O) groups excluding carboxylic acids is 1. The molecule has 0 N–H and O–H groups in total. The van der Waals surface area contributed by atoms with Crippen molar-refractivity contribution in [3.63, 3.8) is 0 Å². The van der Waals surface area contributed by atoms with Crippen LogP contribution in [0.25, 0.3) is 0 Å². The minimum absolute atomic E-state index is 0.150. The first-order valence-electron chi connectivity index (χ1n) is 8.79. The highest BCUT2D eigenvalue weighted by molar-refractivity contribution is 5.94. The molecule has 0 atom stereocenters. The van der Waals surface area contributed by atoms with Crippen molar-refractivity contribution in [2.75, 3.05) is 26.2 Å². The van der Waals surface area contributed by atoms with E-state index in [9.17, 15) is 4.79 Å². The van der Waals surface area contributed by atoms with Gasteiger partial charge in [0.1, 0.15) is 0 Å². The number of hydrogen-bond acceptors (Lipinski definition) is 2. The lowest BCUT2D eigenvalue weighted by atomic mass is 10.0. The van der Waals surface area contributed by atoms with Crippen LogP contribution >= 0.6 is 0 Å². The first kappa shape index (κ1) is 16.7. The van der Waals surface area contributed by atoms with Crippen LogP contribution < -0.4 is 0 Å². The smallest absolute Gasteiger partial charge is 0.253 e. The Morgan fingerprint density at radius 1 is 0.917 bits per heavy atom. The molecule has 0 aromatic heterocycles. The maximum absolute atomic E-state index is 12.5. The summed E-state index contributed by atoms with van der Waals surface area (Å²) in [5.74, 6) is 0.725. The van der Waals surface area contributed by atoms with Crippen LogP contribution in [0.5, 0.6) is 0 Å². The van der Waals surface area contributed by atoms with Gasteiger partial charge in [-0.1, -0.05) is 56.3 Å². The molecule has 0 radical (unpaired) electrons. The SMILES string of the molecule is CC(C)c1ccc(CN2CCN(C(=O)c3ccccc3)CC2)cc1. The summed E-state index contributed by atoms with van der Waals surface area (Å²) in [6.45, 7) is 8.88. The largest absolute Gasteiger partial charge is 0.336 e. The molecule has 3 rings (SSSR count). The van der Waals surface area contributed by atoms with Crippen LogP contribution in [0.4, 0.5) is 0 Å². The highest BCUT2D eigenvalue weighted by Crippen LogP contribution is 2.16. The Kier molecular flexibility index (Phi) is 5.31. The lowest BCUT2D eigenvalue weighted by Crippen LogP contribution is -2.48. The van der Waals surface area contributed by atoms with Gasteiger partial charge in [-0.25, -0.2) is 0 Å². The van der Waals surface area contributed by atoms with Crippen LogP contribution in [-0.4, -0.2) is 41.9 Å². The van der Waals surface area contributed by atoms with Crippen molar-refractivity contribution >= 4 is 5.91 Å². The Hall–Kier alpha value is -2.13. The average molecular weight is 322 g/mol. The normalized spacial score (nSPS) is 15.7. The quantitative estimate of drug-likeness (QED) is 0.855. The summed E-state index contributed by atoms with van der Waals surface area (Å²) in [4.78, 5) is 16.9. The molecule has 1 amide bonds. The first-order chi connectivity index (χ1) is 11.6. The third-order valence-corrected chi connectivity index (χ3v) is 4.73. The number of nitrogens with zero attached hydrogens (tertiary/aromatic N) is 2. The minimum atomic E-state index is 0.150. The summed E-state index contributed by atoms with van der Waals surface area (Å²) >= 11 is 0. The molecule has 3 nitrogen and oxygen atoms in total. The number of hydrogen-bond donors (Lipinski definition) is 0. The summed E-state index contributed by atoms with van der Waals surface area (Å²) in [6, 6.07) is 18.5. The maximum Gasteiger partial charge on any atom is 0.253 e. The van der Waals surface area contributed by atoms with E-state index in [-0.39, 0.29) is 5.91 Å². The fourth-order valence-electron chi connectivity index (χ4n) is 3.14. The van der Waals surface area contributed by atoms with Crippen molar-refractivity contribution in [1.29, 1.82) is 0 Å². The van der Waals surface area contributed by atoms with Gasteiger partial charge in [0.25, 0.3) is 5.91 Å². The Labute approximate surface area is 144 Å². The second-order valence-corrected chi connectivity index (χ2v) is 6.83. The number of piperazine rings is 1. The first-order valence-corrected chi connectivity index (χ1v) is 8.79. The fourth-order valence-corrected chi connectivity index (χ4v) is 3.14. The van der Waals surface area contributed by atoms with Crippen LogP contribution in [-0.2, 0) is 6.54 Å². The van der Waals surface area contributed by atoms with Gasteiger partial charge in [0, 0.05) is 38.3 Å². The van der Waals surface area contributed by atoms with Crippen molar-refractivity contribution in [3.8, 4) is 0 Å². The minimum Gasteiger partial charge on any atom is -0.336 e. The second-order valence-electron chi connectivity index (χ2n) is 6.83. The van der Waals surface area contributed by atoms with Crippen LogP contribution in [0.2, 0.25) is 0 Å². The average Bonchev–Trinajstić information content (AvgIpc) is 2.63. The van der Waals surface area contributed by atoms with Gasteiger partial charge in [0.15, 0.2) is 0 Å². The predicted octanol–water partition coefficient (Wildman–Crippen LogP) is 3.77. The fraction of sp³-hybridized carbons (Fsp3) is 0.381. The molecule has 1 saturated heterocycles. The van der Waals surface area contributed by atoms with Crippen molar-refractivity contribution in [1.82, 2.24) is 9.80 Å². The topological polar surface area (TPSA) is 23.6 Å². The standard InChI is InChI=1S/C21H26N2O/c1-17(2)19-10-8-18(9-11-19)16-22-12-14-23(15-13-22)21(24)20-6-4-3-5-7-20/h3-11,17H,12-16H2,1-2H3. The number of amides is 1. The Morgan fingerprint density at radius 2 is 1.54 bits per heavy atom. The summed E-state index contributed by atoms with van der Waals surface area (Å²) in [7, 11) is 0. The molecule has 0 bridgehead atoms. The number of rotatable bonds is 4. The van der Waals surface area contributed by atoms with Gasteiger partial charge in [-0.15, -0.1) is 0 Å². The highest BCUT2D eigenvalue weighted by atomic mass is 16.2. The summed E-state index contributed by atoms with van der Waals surface area (Å²) < 4.78 is 0. The summed E-state index contributed by atoms with van der Waals surface area (Å²) in [5, 5.41) is 0. The zero-order valence-electron chi connectivity index (χ0n) is 14.6. The van der Waals surface area contributed by atoms with E-state index in [1.807, 2.05) is 35.2 Å². The molecule has 1 aliphatic rings. The molecule has 2 aromatic carbocycles. The molecular formula is C21H26N2O. The van der Waals surface area contributed by atoms with Gasteiger partial charge >= 0.3 is 0 Å². The molecule has 126 valence electrons. The van der Waals surface area contributed by atoms with E-state index in [0.717, 1.165) is 38.3 Å². The van der Waals surface area contributed by atoms with Crippen molar-refractivity contribution in [3.05, 3.63) is 71.3 Å². The molecule has 0 spiro atoms. The lowest BCUT2D eigenvalue weighted by molar-refractivity contribution is 0.0628. The van der Waals surface area contributed by atoms with E-state index in [2.05, 4.69) is 43.0 Å². The van der Waals surface area contributed by atoms with Crippen LogP contribution in [0.15, 0.2) is 54.6 Å².